The maximum absolute atomic E-state index is 12.4. The van der Waals surface area contributed by atoms with Crippen molar-refractivity contribution in [3.63, 3.8) is 0 Å². The van der Waals surface area contributed by atoms with Crippen LogP contribution in [-0.2, 0) is 11.2 Å². The summed E-state index contributed by atoms with van der Waals surface area (Å²) in [4.78, 5) is 12.2. The molecule has 0 spiro atoms. The number of aryl methyl sites for hydroxylation is 1. The Bertz CT molecular complexity index is 757. The van der Waals surface area contributed by atoms with Crippen molar-refractivity contribution in [3.8, 4) is 23.0 Å². The summed E-state index contributed by atoms with van der Waals surface area (Å²) < 4.78 is 45.1. The Morgan fingerprint density at radius 1 is 1.00 bits per heavy atom. The standard InChI is InChI=1S/C19H21F2NO5/c1-24-15-10-12(11-16(25-2)18(15)26-3)8-9-17(23)22-13-6-4-5-7-14(13)27-19(20)21/h4-7,10-11,19H,8-9H2,1-3H3,(H,22,23). The number of nitrogens with one attached hydrogen (secondary N) is 1. The van der Waals surface area contributed by atoms with E-state index >= 15 is 0 Å². The smallest absolute Gasteiger partial charge is 0.387 e. The lowest BCUT2D eigenvalue weighted by Gasteiger charge is -2.14. The highest BCUT2D eigenvalue weighted by Crippen LogP contribution is 2.38. The van der Waals surface area contributed by atoms with E-state index in [0.29, 0.717) is 23.7 Å². The molecule has 1 N–H and O–H groups in total. The summed E-state index contributed by atoms with van der Waals surface area (Å²) in [5.41, 5.74) is 0.990. The van der Waals surface area contributed by atoms with Gasteiger partial charge in [-0.3, -0.25) is 4.79 Å². The lowest BCUT2D eigenvalue weighted by Crippen LogP contribution is -2.14. The molecule has 0 aromatic heterocycles. The highest BCUT2D eigenvalue weighted by molar-refractivity contribution is 5.92. The van der Waals surface area contributed by atoms with Gasteiger partial charge in [0.2, 0.25) is 11.7 Å². The average Bonchev–Trinajstić information content (AvgIpc) is 2.66. The van der Waals surface area contributed by atoms with Gasteiger partial charge in [-0.2, -0.15) is 8.78 Å². The molecule has 6 nitrogen and oxygen atoms in total. The van der Waals surface area contributed by atoms with Crippen molar-refractivity contribution >= 4 is 11.6 Å². The van der Waals surface area contributed by atoms with Gasteiger partial charge in [0.15, 0.2) is 11.5 Å². The minimum absolute atomic E-state index is 0.0892. The van der Waals surface area contributed by atoms with Crippen molar-refractivity contribution in [2.45, 2.75) is 19.5 Å². The molecule has 146 valence electrons. The number of halogens is 2. The molecule has 1 amide bonds. The van der Waals surface area contributed by atoms with E-state index < -0.39 is 6.61 Å². The molecule has 0 aliphatic heterocycles. The highest BCUT2D eigenvalue weighted by Gasteiger charge is 2.15. The lowest BCUT2D eigenvalue weighted by atomic mass is 10.1. The fourth-order valence-electron chi connectivity index (χ4n) is 2.52. The van der Waals surface area contributed by atoms with E-state index in [4.69, 9.17) is 14.2 Å². The van der Waals surface area contributed by atoms with Crippen LogP contribution in [0.15, 0.2) is 36.4 Å². The molecule has 8 heteroatoms. The van der Waals surface area contributed by atoms with E-state index in [-0.39, 0.29) is 23.8 Å². The summed E-state index contributed by atoms with van der Waals surface area (Å²) in [5, 5.41) is 2.58. The molecule has 2 aromatic rings. The Hall–Kier alpha value is -3.03. The fourth-order valence-corrected chi connectivity index (χ4v) is 2.52. The number of alkyl halides is 2. The maximum atomic E-state index is 12.4. The van der Waals surface area contributed by atoms with Gasteiger partial charge in [-0.05, 0) is 36.2 Å². The van der Waals surface area contributed by atoms with Crippen LogP contribution in [0.5, 0.6) is 23.0 Å². The van der Waals surface area contributed by atoms with E-state index in [1.165, 1.54) is 33.5 Å². The van der Waals surface area contributed by atoms with Gasteiger partial charge in [0.1, 0.15) is 5.75 Å². The third-order valence-electron chi connectivity index (χ3n) is 3.74. The van der Waals surface area contributed by atoms with Crippen molar-refractivity contribution in [1.82, 2.24) is 0 Å². The van der Waals surface area contributed by atoms with E-state index in [2.05, 4.69) is 10.1 Å². The molecule has 2 rings (SSSR count). The van der Waals surface area contributed by atoms with Crippen molar-refractivity contribution in [2.24, 2.45) is 0 Å². The Kier molecular flexibility index (Phi) is 7.22. The lowest BCUT2D eigenvalue weighted by molar-refractivity contribution is -0.116. The molecule has 0 saturated carbocycles. The summed E-state index contributed by atoms with van der Waals surface area (Å²) in [6, 6.07) is 9.53. The van der Waals surface area contributed by atoms with Gasteiger partial charge in [-0.15, -0.1) is 0 Å². The van der Waals surface area contributed by atoms with Gasteiger partial charge in [-0.1, -0.05) is 12.1 Å². The Morgan fingerprint density at radius 3 is 2.19 bits per heavy atom. The van der Waals surface area contributed by atoms with Crippen LogP contribution in [0, 0.1) is 0 Å². The minimum atomic E-state index is -2.97. The predicted octanol–water partition coefficient (Wildman–Crippen LogP) is 3.89. The number of carbonyl (C=O) groups excluding carboxylic acids is 1. The first-order valence-corrected chi connectivity index (χ1v) is 8.11. The maximum Gasteiger partial charge on any atom is 0.387 e. The molecule has 0 atom stereocenters. The first kappa shape index (κ1) is 20.3. The topological polar surface area (TPSA) is 66.0 Å². The van der Waals surface area contributed by atoms with Crippen molar-refractivity contribution in [2.75, 3.05) is 26.6 Å². The molecule has 0 aliphatic rings. The second kappa shape index (κ2) is 9.61. The molecule has 0 saturated heterocycles. The molecule has 27 heavy (non-hydrogen) atoms. The van der Waals surface area contributed by atoms with Crippen LogP contribution in [0.4, 0.5) is 14.5 Å². The Balaban J connectivity index is 2.06. The molecular formula is C19H21F2NO5. The molecule has 0 heterocycles. The van der Waals surface area contributed by atoms with E-state index in [1.807, 2.05) is 0 Å². The van der Waals surface area contributed by atoms with Crippen LogP contribution in [-0.4, -0.2) is 33.8 Å². The third-order valence-corrected chi connectivity index (χ3v) is 3.74. The van der Waals surface area contributed by atoms with Gasteiger partial charge in [0.05, 0.1) is 27.0 Å². The normalized spacial score (nSPS) is 10.4. The second-order valence-electron chi connectivity index (χ2n) is 5.46. The Morgan fingerprint density at radius 2 is 1.63 bits per heavy atom. The molecule has 2 aromatic carbocycles. The fraction of sp³-hybridized carbons (Fsp3) is 0.316. The summed E-state index contributed by atoms with van der Waals surface area (Å²) >= 11 is 0. The number of hydrogen-bond acceptors (Lipinski definition) is 5. The molecule has 0 aliphatic carbocycles. The van der Waals surface area contributed by atoms with Crippen LogP contribution >= 0.6 is 0 Å². The minimum Gasteiger partial charge on any atom is -0.493 e. The van der Waals surface area contributed by atoms with Gasteiger partial charge < -0.3 is 24.3 Å². The number of methoxy groups -OCH3 is 3. The number of benzene rings is 2. The zero-order chi connectivity index (χ0) is 19.8. The van der Waals surface area contributed by atoms with E-state index in [9.17, 15) is 13.6 Å². The van der Waals surface area contributed by atoms with Crippen molar-refractivity contribution < 1.29 is 32.5 Å². The van der Waals surface area contributed by atoms with E-state index in [0.717, 1.165) is 5.56 Å². The number of hydrogen-bond donors (Lipinski definition) is 1. The van der Waals surface area contributed by atoms with Crippen LogP contribution < -0.4 is 24.3 Å². The van der Waals surface area contributed by atoms with E-state index in [1.54, 1.807) is 24.3 Å². The average molecular weight is 381 g/mol. The van der Waals surface area contributed by atoms with Gasteiger partial charge in [0, 0.05) is 6.42 Å². The molecule has 0 bridgehead atoms. The first-order valence-electron chi connectivity index (χ1n) is 8.11. The first-order chi connectivity index (χ1) is 13.0. The van der Waals surface area contributed by atoms with Crippen LogP contribution in [0.25, 0.3) is 0 Å². The zero-order valence-corrected chi connectivity index (χ0v) is 15.3. The van der Waals surface area contributed by atoms with Crippen LogP contribution in [0.2, 0.25) is 0 Å². The molecular weight excluding hydrogens is 360 g/mol. The Labute approximate surface area is 156 Å². The summed E-state index contributed by atoms with van der Waals surface area (Å²) in [6.07, 6.45) is 0.516. The largest absolute Gasteiger partial charge is 0.493 e. The monoisotopic (exact) mass is 381 g/mol. The summed E-state index contributed by atoms with van der Waals surface area (Å²) in [7, 11) is 4.52. The summed E-state index contributed by atoms with van der Waals surface area (Å²) in [5.74, 6) is 1.01. The summed E-state index contributed by atoms with van der Waals surface area (Å²) in [6.45, 7) is -2.97. The number of ether oxygens (including phenoxy) is 4. The quantitative estimate of drug-likeness (QED) is 0.714. The van der Waals surface area contributed by atoms with Gasteiger partial charge in [0.25, 0.3) is 0 Å². The zero-order valence-electron chi connectivity index (χ0n) is 15.3. The number of amides is 1. The van der Waals surface area contributed by atoms with Crippen LogP contribution in [0.1, 0.15) is 12.0 Å². The second-order valence-corrected chi connectivity index (χ2v) is 5.46. The van der Waals surface area contributed by atoms with Gasteiger partial charge in [-0.25, -0.2) is 0 Å². The number of anilines is 1. The number of carbonyl (C=O) groups is 1. The number of para-hydroxylation sites is 2. The predicted molar refractivity (Wildman–Crippen MR) is 96.1 cm³/mol. The molecule has 0 radical (unpaired) electrons. The van der Waals surface area contributed by atoms with Gasteiger partial charge >= 0.3 is 6.61 Å². The SMILES string of the molecule is COc1cc(CCC(=O)Nc2ccccc2OC(F)F)cc(OC)c1OC. The van der Waals surface area contributed by atoms with Crippen molar-refractivity contribution in [3.05, 3.63) is 42.0 Å². The molecule has 0 unspecified atom stereocenters. The van der Waals surface area contributed by atoms with Crippen molar-refractivity contribution in [1.29, 1.82) is 0 Å². The third kappa shape index (κ3) is 5.47. The molecule has 0 fully saturated rings. The highest BCUT2D eigenvalue weighted by atomic mass is 19.3. The number of rotatable bonds is 9. The van der Waals surface area contributed by atoms with Crippen LogP contribution in [0.3, 0.4) is 0 Å².